The fraction of sp³-hybridized carbons (Fsp3) is 0.125. The van der Waals surface area contributed by atoms with Crippen molar-refractivity contribution < 1.29 is 8.91 Å². The first-order chi connectivity index (χ1) is 10.3. The van der Waals surface area contributed by atoms with Crippen LogP contribution in [0.25, 0.3) is 11.4 Å². The second kappa shape index (κ2) is 4.70. The Morgan fingerprint density at radius 3 is 2.81 bits per heavy atom. The largest absolute Gasteiger partial charge is 0.384 e. The van der Waals surface area contributed by atoms with Crippen LogP contribution in [0, 0.1) is 5.82 Å². The zero-order chi connectivity index (χ0) is 14.2. The first-order valence-corrected chi connectivity index (χ1v) is 6.74. The molecule has 104 valence electrons. The molecule has 0 fully saturated rings. The van der Waals surface area contributed by atoms with Crippen LogP contribution < -0.4 is 5.32 Å². The number of para-hydroxylation sites is 1. The number of nitrogens with zero attached hydrogens (tertiary/aromatic N) is 2. The second-order valence-electron chi connectivity index (χ2n) is 4.96. The summed E-state index contributed by atoms with van der Waals surface area (Å²) in [5.74, 6) is 0.446. The van der Waals surface area contributed by atoms with E-state index >= 15 is 0 Å². The lowest BCUT2D eigenvalue weighted by Gasteiger charge is -2.03. The molecule has 2 heterocycles. The fourth-order valence-corrected chi connectivity index (χ4v) is 2.63. The maximum Gasteiger partial charge on any atom is 0.236 e. The van der Waals surface area contributed by atoms with Crippen LogP contribution in [-0.2, 0) is 0 Å². The number of fused-ring (bicyclic) bond motifs is 1. The normalized spacial score (nSPS) is 16.5. The lowest BCUT2D eigenvalue weighted by molar-refractivity contribution is 0.370. The molecule has 21 heavy (non-hydrogen) atoms. The maximum atomic E-state index is 13.8. The van der Waals surface area contributed by atoms with Crippen molar-refractivity contribution in [3.63, 3.8) is 0 Å². The predicted molar refractivity (Wildman–Crippen MR) is 76.5 cm³/mol. The summed E-state index contributed by atoms with van der Waals surface area (Å²) in [6, 6.07) is 14.4. The predicted octanol–water partition coefficient (Wildman–Crippen LogP) is 3.43. The molecule has 4 nitrogen and oxygen atoms in total. The number of nitrogens with one attached hydrogen (secondary N) is 1. The highest BCUT2D eigenvalue weighted by atomic mass is 19.1. The standard InChI is InChI=1S/C16H12FN3O/c17-13-7-3-1-6-11(13)15-19-16(21-20-15)12-9-18-14-8-4-2-5-10(12)14/h1-8,12,18H,9H2. The van der Waals surface area contributed by atoms with E-state index in [0.717, 1.165) is 11.3 Å². The Kier molecular flexibility index (Phi) is 2.70. The summed E-state index contributed by atoms with van der Waals surface area (Å²) >= 11 is 0. The molecule has 0 amide bonds. The quantitative estimate of drug-likeness (QED) is 0.782. The van der Waals surface area contributed by atoms with Crippen LogP contribution in [0.3, 0.4) is 0 Å². The number of anilines is 1. The Balaban J connectivity index is 1.72. The highest BCUT2D eigenvalue weighted by molar-refractivity contribution is 5.60. The molecule has 1 atom stereocenters. The average molecular weight is 281 g/mol. The molecule has 1 unspecified atom stereocenters. The van der Waals surface area contributed by atoms with Crippen LogP contribution >= 0.6 is 0 Å². The van der Waals surface area contributed by atoms with Gasteiger partial charge in [-0.2, -0.15) is 4.98 Å². The molecule has 4 rings (SSSR count). The minimum absolute atomic E-state index is 0.00854. The fourth-order valence-electron chi connectivity index (χ4n) is 2.63. The van der Waals surface area contributed by atoms with Gasteiger partial charge >= 0.3 is 0 Å². The van der Waals surface area contributed by atoms with Gasteiger partial charge in [-0.05, 0) is 23.8 Å². The molecule has 1 aliphatic rings. The monoisotopic (exact) mass is 281 g/mol. The molecule has 0 saturated heterocycles. The van der Waals surface area contributed by atoms with Crippen LogP contribution in [0.5, 0.6) is 0 Å². The molecule has 1 aromatic heterocycles. The topological polar surface area (TPSA) is 51.0 Å². The Bertz CT molecular complexity index is 799. The summed E-state index contributed by atoms with van der Waals surface area (Å²) in [4.78, 5) is 4.36. The molecule has 0 aliphatic carbocycles. The molecule has 5 heteroatoms. The van der Waals surface area contributed by atoms with Gasteiger partial charge < -0.3 is 9.84 Å². The lowest BCUT2D eigenvalue weighted by atomic mass is 10.0. The number of halogens is 1. The molecule has 1 aliphatic heterocycles. The van der Waals surface area contributed by atoms with Gasteiger partial charge in [-0.3, -0.25) is 0 Å². The molecular weight excluding hydrogens is 269 g/mol. The molecule has 2 aromatic carbocycles. The van der Waals surface area contributed by atoms with Gasteiger partial charge in [0.2, 0.25) is 11.7 Å². The zero-order valence-electron chi connectivity index (χ0n) is 11.1. The van der Waals surface area contributed by atoms with E-state index in [9.17, 15) is 4.39 Å². The average Bonchev–Trinajstić information content (AvgIpc) is 3.14. The van der Waals surface area contributed by atoms with Crippen molar-refractivity contribution in [2.24, 2.45) is 0 Å². The number of hydrogen-bond acceptors (Lipinski definition) is 4. The maximum absolute atomic E-state index is 13.8. The zero-order valence-corrected chi connectivity index (χ0v) is 11.1. The molecule has 0 bridgehead atoms. The van der Waals surface area contributed by atoms with Crippen LogP contribution in [0.15, 0.2) is 53.1 Å². The van der Waals surface area contributed by atoms with Gasteiger partial charge in [-0.15, -0.1) is 0 Å². The molecule has 0 saturated carbocycles. The molecule has 0 spiro atoms. The Labute approximate surface area is 120 Å². The van der Waals surface area contributed by atoms with E-state index in [-0.39, 0.29) is 17.6 Å². The summed E-state index contributed by atoms with van der Waals surface area (Å²) in [6.07, 6.45) is 0. The molecule has 0 radical (unpaired) electrons. The van der Waals surface area contributed by atoms with E-state index in [4.69, 9.17) is 4.52 Å². The van der Waals surface area contributed by atoms with Gasteiger partial charge in [0.25, 0.3) is 0 Å². The van der Waals surface area contributed by atoms with Crippen molar-refractivity contribution in [1.29, 1.82) is 0 Å². The van der Waals surface area contributed by atoms with Crippen molar-refractivity contribution in [1.82, 2.24) is 10.1 Å². The third kappa shape index (κ3) is 1.98. The van der Waals surface area contributed by atoms with Gasteiger partial charge in [0.05, 0.1) is 11.5 Å². The summed E-state index contributed by atoms with van der Waals surface area (Å²) in [5.41, 5.74) is 2.56. The van der Waals surface area contributed by atoms with Crippen LogP contribution in [-0.4, -0.2) is 16.7 Å². The van der Waals surface area contributed by atoms with Crippen molar-refractivity contribution in [2.75, 3.05) is 11.9 Å². The molecule has 3 aromatic rings. The first-order valence-electron chi connectivity index (χ1n) is 6.74. The smallest absolute Gasteiger partial charge is 0.236 e. The third-order valence-electron chi connectivity index (χ3n) is 3.69. The van der Waals surface area contributed by atoms with E-state index in [1.165, 1.54) is 6.07 Å². The van der Waals surface area contributed by atoms with Crippen LogP contribution in [0.4, 0.5) is 10.1 Å². The number of aromatic nitrogens is 2. The van der Waals surface area contributed by atoms with Gasteiger partial charge in [-0.1, -0.05) is 35.5 Å². The summed E-state index contributed by atoms with van der Waals surface area (Å²) in [5, 5.41) is 7.22. The SMILES string of the molecule is Fc1ccccc1-c1noc(C2CNc3ccccc32)n1. The van der Waals surface area contributed by atoms with Crippen LogP contribution in [0.2, 0.25) is 0 Å². The van der Waals surface area contributed by atoms with E-state index in [1.54, 1.807) is 18.2 Å². The highest BCUT2D eigenvalue weighted by Crippen LogP contribution is 2.35. The molecular formula is C16H12FN3O. The highest BCUT2D eigenvalue weighted by Gasteiger charge is 2.28. The number of rotatable bonds is 2. The summed E-state index contributed by atoms with van der Waals surface area (Å²) in [6.45, 7) is 0.707. The summed E-state index contributed by atoms with van der Waals surface area (Å²) in [7, 11) is 0. The van der Waals surface area contributed by atoms with E-state index in [1.807, 2.05) is 24.3 Å². The second-order valence-corrected chi connectivity index (χ2v) is 4.96. The number of hydrogen-bond donors (Lipinski definition) is 1. The van der Waals surface area contributed by atoms with Gasteiger partial charge in [0.1, 0.15) is 5.82 Å². The minimum Gasteiger partial charge on any atom is -0.384 e. The van der Waals surface area contributed by atoms with Crippen molar-refractivity contribution in [3.05, 3.63) is 65.8 Å². The third-order valence-corrected chi connectivity index (χ3v) is 3.69. The van der Waals surface area contributed by atoms with Gasteiger partial charge in [0.15, 0.2) is 0 Å². The van der Waals surface area contributed by atoms with Crippen LogP contribution in [0.1, 0.15) is 17.4 Å². The van der Waals surface area contributed by atoms with Crippen molar-refractivity contribution >= 4 is 5.69 Å². The Morgan fingerprint density at radius 2 is 1.90 bits per heavy atom. The Hall–Kier alpha value is -2.69. The van der Waals surface area contributed by atoms with Gasteiger partial charge in [-0.25, -0.2) is 4.39 Å². The van der Waals surface area contributed by atoms with Crippen molar-refractivity contribution in [3.8, 4) is 11.4 Å². The van der Waals surface area contributed by atoms with E-state index in [2.05, 4.69) is 15.5 Å². The molecule has 1 N–H and O–H groups in total. The van der Waals surface area contributed by atoms with Gasteiger partial charge in [0, 0.05) is 12.2 Å². The summed E-state index contributed by atoms with van der Waals surface area (Å²) < 4.78 is 19.1. The first kappa shape index (κ1) is 12.1. The van der Waals surface area contributed by atoms with E-state index in [0.29, 0.717) is 18.0 Å². The van der Waals surface area contributed by atoms with E-state index < -0.39 is 0 Å². The van der Waals surface area contributed by atoms with Crippen molar-refractivity contribution in [2.45, 2.75) is 5.92 Å². The number of benzene rings is 2. The Morgan fingerprint density at radius 1 is 1.10 bits per heavy atom. The minimum atomic E-state index is -0.352. The lowest BCUT2D eigenvalue weighted by Crippen LogP contribution is -2.04.